The van der Waals surface area contributed by atoms with Crippen LogP contribution >= 0.6 is 23.4 Å². The van der Waals surface area contributed by atoms with Crippen LogP contribution in [-0.2, 0) is 6.42 Å². The van der Waals surface area contributed by atoms with Crippen LogP contribution in [0.5, 0.6) is 0 Å². The molecule has 174 valence electrons. The molecule has 0 unspecified atom stereocenters. The summed E-state index contributed by atoms with van der Waals surface area (Å²) in [4.78, 5) is 19.7. The van der Waals surface area contributed by atoms with Gasteiger partial charge in [-0.1, -0.05) is 29.4 Å². The minimum absolute atomic E-state index is 0.00730. The molecule has 2 aliphatic rings. The number of halogens is 1. The van der Waals surface area contributed by atoms with E-state index in [0.717, 1.165) is 47.1 Å². The first-order chi connectivity index (χ1) is 15.7. The van der Waals surface area contributed by atoms with Crippen molar-refractivity contribution in [1.29, 1.82) is 0 Å². The van der Waals surface area contributed by atoms with E-state index in [4.69, 9.17) is 21.7 Å². The first kappa shape index (κ1) is 23.8. The number of hydrogen-bond acceptors (Lipinski definition) is 4. The number of carbonyl (C=O) groups excluding carboxylic acids is 1. The number of rotatable bonds is 4. The highest BCUT2D eigenvalue weighted by molar-refractivity contribution is 8.15. The van der Waals surface area contributed by atoms with Crippen LogP contribution in [0.3, 0.4) is 0 Å². The highest BCUT2D eigenvalue weighted by Crippen LogP contribution is 2.38. The van der Waals surface area contributed by atoms with Crippen molar-refractivity contribution in [3.8, 4) is 0 Å². The van der Waals surface area contributed by atoms with Gasteiger partial charge in [0, 0.05) is 35.4 Å². The van der Waals surface area contributed by atoms with Gasteiger partial charge in [0.1, 0.15) is 5.84 Å². The fraction of sp³-hybridized carbons (Fsp3) is 0.423. The van der Waals surface area contributed by atoms with Gasteiger partial charge in [-0.05, 0) is 95.0 Å². The van der Waals surface area contributed by atoms with E-state index < -0.39 is 0 Å². The van der Waals surface area contributed by atoms with Crippen molar-refractivity contribution in [2.24, 2.45) is 10.1 Å². The number of nitrogens with zero attached hydrogens (tertiary/aromatic N) is 4. The fourth-order valence-electron chi connectivity index (χ4n) is 4.31. The number of aryl methyl sites for hydroxylation is 1. The number of carbonyl (C=O) groups is 1. The molecule has 2 aliphatic heterocycles. The number of benzene rings is 2. The number of anilines is 1. The third-order valence-corrected chi connectivity index (χ3v) is 7.19. The van der Waals surface area contributed by atoms with Gasteiger partial charge in [-0.25, -0.2) is 5.01 Å². The lowest BCUT2D eigenvalue weighted by Gasteiger charge is -2.35. The van der Waals surface area contributed by atoms with Gasteiger partial charge in [-0.3, -0.25) is 9.79 Å². The van der Waals surface area contributed by atoms with Crippen LogP contribution < -0.4 is 4.90 Å². The molecule has 2 aromatic rings. The second kappa shape index (κ2) is 9.51. The molecule has 2 heterocycles. The molecule has 33 heavy (non-hydrogen) atoms. The van der Waals surface area contributed by atoms with Crippen LogP contribution in [-0.4, -0.2) is 45.7 Å². The summed E-state index contributed by atoms with van der Waals surface area (Å²) in [5, 5.41) is 7.02. The lowest BCUT2D eigenvalue weighted by atomic mass is 9.93. The summed E-state index contributed by atoms with van der Waals surface area (Å²) in [7, 11) is 0. The van der Waals surface area contributed by atoms with Crippen molar-refractivity contribution >= 4 is 45.8 Å². The number of fused-ring (bicyclic) bond motifs is 1. The largest absolute Gasteiger partial charge is 0.326 e. The van der Waals surface area contributed by atoms with E-state index in [2.05, 4.69) is 50.8 Å². The number of amidine groups is 1. The highest BCUT2D eigenvalue weighted by Gasteiger charge is 2.37. The molecule has 2 aromatic carbocycles. The van der Waals surface area contributed by atoms with Gasteiger partial charge in [-0.15, -0.1) is 0 Å². The Hall–Kier alpha value is -2.31. The topological polar surface area (TPSA) is 48.3 Å². The SMILES string of the molecule is CCN1N=C(c2ccc3c(c2)CCCN3/C(=N\C(C)C)c2ccc(Cl)cc2)C(C)(C)SC1=O. The smallest absolute Gasteiger partial charge is 0.302 e. The second-order valence-corrected chi connectivity index (χ2v) is 11.2. The van der Waals surface area contributed by atoms with Gasteiger partial charge < -0.3 is 4.90 Å². The summed E-state index contributed by atoms with van der Waals surface area (Å²) >= 11 is 7.49. The van der Waals surface area contributed by atoms with E-state index in [1.807, 2.05) is 31.2 Å². The standard InChI is InChI=1S/C26H31ClN4OS/c1-6-31-25(32)33-26(4,5)23(29-31)20-11-14-22-19(16-20)8-7-15-30(22)24(28-17(2)3)18-9-12-21(27)13-10-18/h9-14,16-17H,6-8,15H2,1-5H3/b28-24-. The highest BCUT2D eigenvalue weighted by atomic mass is 35.5. The molecule has 0 bridgehead atoms. The second-order valence-electron chi connectivity index (χ2n) is 9.19. The maximum atomic E-state index is 12.4. The minimum Gasteiger partial charge on any atom is -0.326 e. The molecular formula is C26H31ClN4OS. The number of aliphatic imine (C=N–C) groups is 1. The zero-order valence-electron chi connectivity index (χ0n) is 19.9. The normalized spacial score (nSPS) is 18.5. The van der Waals surface area contributed by atoms with E-state index in [1.54, 1.807) is 5.01 Å². The minimum atomic E-state index is -0.376. The number of amides is 1. The van der Waals surface area contributed by atoms with Gasteiger partial charge >= 0.3 is 5.24 Å². The Morgan fingerprint density at radius 1 is 1.21 bits per heavy atom. The van der Waals surface area contributed by atoms with Crippen LogP contribution in [0.1, 0.15) is 57.7 Å². The fourth-order valence-corrected chi connectivity index (χ4v) is 5.41. The van der Waals surface area contributed by atoms with Crippen molar-refractivity contribution in [3.05, 3.63) is 64.2 Å². The van der Waals surface area contributed by atoms with E-state index in [1.165, 1.54) is 23.0 Å². The zero-order chi connectivity index (χ0) is 23.8. The van der Waals surface area contributed by atoms with Crippen molar-refractivity contribution in [3.63, 3.8) is 0 Å². The maximum absolute atomic E-state index is 12.4. The quantitative estimate of drug-likeness (QED) is 0.363. The van der Waals surface area contributed by atoms with Crippen LogP contribution in [0.4, 0.5) is 10.5 Å². The molecule has 0 atom stereocenters. The predicted molar refractivity (Wildman–Crippen MR) is 141 cm³/mol. The van der Waals surface area contributed by atoms with Crippen LogP contribution in [0.25, 0.3) is 0 Å². The van der Waals surface area contributed by atoms with Gasteiger partial charge in [-0.2, -0.15) is 5.10 Å². The summed E-state index contributed by atoms with van der Waals surface area (Å²) in [6.07, 6.45) is 2.05. The summed E-state index contributed by atoms with van der Waals surface area (Å²) in [5.41, 5.74) is 5.56. The molecular weight excluding hydrogens is 452 g/mol. The van der Waals surface area contributed by atoms with Gasteiger partial charge in [0.25, 0.3) is 0 Å². The summed E-state index contributed by atoms with van der Waals surface area (Å²) < 4.78 is -0.376. The molecule has 0 saturated heterocycles. The van der Waals surface area contributed by atoms with E-state index in [0.29, 0.717) is 6.54 Å². The number of hydrazone groups is 1. The first-order valence-corrected chi connectivity index (χ1v) is 12.7. The number of hydrogen-bond donors (Lipinski definition) is 0. The Balaban J connectivity index is 1.75. The van der Waals surface area contributed by atoms with Crippen molar-refractivity contribution < 1.29 is 4.79 Å². The van der Waals surface area contributed by atoms with Gasteiger partial charge in [0.15, 0.2) is 0 Å². The molecule has 1 amide bonds. The summed E-state index contributed by atoms with van der Waals surface area (Å²) in [6, 6.07) is 14.7. The Kier molecular flexibility index (Phi) is 6.87. The van der Waals surface area contributed by atoms with Crippen molar-refractivity contribution in [2.45, 2.75) is 58.2 Å². The van der Waals surface area contributed by atoms with Crippen molar-refractivity contribution in [2.75, 3.05) is 18.0 Å². The molecule has 0 aromatic heterocycles. The predicted octanol–water partition coefficient (Wildman–Crippen LogP) is 6.62. The van der Waals surface area contributed by atoms with Crippen LogP contribution in [0, 0.1) is 0 Å². The third kappa shape index (κ3) is 4.97. The first-order valence-electron chi connectivity index (χ1n) is 11.5. The molecule has 7 heteroatoms. The Labute approximate surface area is 205 Å². The third-order valence-electron chi connectivity index (χ3n) is 5.85. The molecule has 0 saturated carbocycles. The zero-order valence-corrected chi connectivity index (χ0v) is 21.5. The molecule has 0 spiro atoms. The Morgan fingerprint density at radius 2 is 1.94 bits per heavy atom. The van der Waals surface area contributed by atoms with E-state index >= 15 is 0 Å². The monoisotopic (exact) mass is 482 g/mol. The van der Waals surface area contributed by atoms with E-state index in [9.17, 15) is 4.79 Å². The van der Waals surface area contributed by atoms with Gasteiger partial charge in [0.05, 0.1) is 10.5 Å². The molecule has 5 nitrogen and oxygen atoms in total. The lowest BCUT2D eigenvalue weighted by molar-refractivity contribution is 0.226. The van der Waals surface area contributed by atoms with Crippen LogP contribution in [0.2, 0.25) is 5.02 Å². The average molecular weight is 483 g/mol. The van der Waals surface area contributed by atoms with Gasteiger partial charge in [0.2, 0.25) is 0 Å². The Morgan fingerprint density at radius 3 is 2.61 bits per heavy atom. The molecule has 0 fully saturated rings. The Bertz CT molecular complexity index is 1110. The maximum Gasteiger partial charge on any atom is 0.302 e. The summed E-state index contributed by atoms with van der Waals surface area (Å²) in [6.45, 7) is 11.8. The lowest BCUT2D eigenvalue weighted by Crippen LogP contribution is -2.41. The van der Waals surface area contributed by atoms with Crippen LogP contribution in [0.15, 0.2) is 52.6 Å². The van der Waals surface area contributed by atoms with E-state index in [-0.39, 0.29) is 16.0 Å². The molecule has 0 N–H and O–H groups in total. The molecule has 0 radical (unpaired) electrons. The van der Waals surface area contributed by atoms with Crippen molar-refractivity contribution in [1.82, 2.24) is 5.01 Å². The summed E-state index contributed by atoms with van der Waals surface area (Å²) in [5.74, 6) is 0.976. The number of thioether (sulfide) groups is 1. The molecule has 4 rings (SSSR count). The average Bonchev–Trinajstić information content (AvgIpc) is 2.77. The molecule has 0 aliphatic carbocycles.